The van der Waals surface area contributed by atoms with Crippen LogP contribution in [-0.2, 0) is 16.0 Å². The molecule has 0 heterocycles. The predicted octanol–water partition coefficient (Wildman–Crippen LogP) is 2.08. The molecule has 1 fully saturated rings. The number of rotatable bonds is 6. The SMILES string of the molecule is CNC(=O)Cc1ccc(NCC(=O)N[C@@H]2CCCC[C@@H]2C)cc1. The third-order valence-electron chi connectivity index (χ3n) is 4.51. The summed E-state index contributed by atoms with van der Waals surface area (Å²) in [7, 11) is 1.63. The maximum atomic E-state index is 12.1. The Bertz CT molecular complexity index is 528. The highest BCUT2D eigenvalue weighted by atomic mass is 16.2. The fraction of sp³-hybridized carbons (Fsp3) is 0.556. The summed E-state index contributed by atoms with van der Waals surface area (Å²) in [5.41, 5.74) is 1.84. The molecule has 0 unspecified atom stereocenters. The van der Waals surface area contributed by atoms with Gasteiger partial charge in [-0.2, -0.15) is 0 Å². The number of hydrogen-bond acceptors (Lipinski definition) is 3. The van der Waals surface area contributed by atoms with Gasteiger partial charge in [0.25, 0.3) is 0 Å². The van der Waals surface area contributed by atoms with Crippen LogP contribution < -0.4 is 16.0 Å². The summed E-state index contributed by atoms with van der Waals surface area (Å²) < 4.78 is 0. The molecule has 0 aromatic heterocycles. The molecule has 2 rings (SSSR count). The van der Waals surface area contributed by atoms with Crippen LogP contribution in [0.25, 0.3) is 0 Å². The van der Waals surface area contributed by atoms with Crippen molar-refractivity contribution in [2.75, 3.05) is 18.9 Å². The molecule has 1 aliphatic rings. The van der Waals surface area contributed by atoms with E-state index >= 15 is 0 Å². The first-order valence-corrected chi connectivity index (χ1v) is 8.41. The number of carbonyl (C=O) groups is 2. The van der Waals surface area contributed by atoms with Crippen molar-refractivity contribution < 1.29 is 9.59 Å². The molecule has 1 saturated carbocycles. The van der Waals surface area contributed by atoms with E-state index in [2.05, 4.69) is 22.9 Å². The van der Waals surface area contributed by atoms with Crippen molar-refractivity contribution in [3.05, 3.63) is 29.8 Å². The van der Waals surface area contributed by atoms with Crippen molar-refractivity contribution in [2.24, 2.45) is 5.92 Å². The minimum absolute atomic E-state index is 0.00770. The molecular weight excluding hydrogens is 290 g/mol. The van der Waals surface area contributed by atoms with Gasteiger partial charge in [-0.3, -0.25) is 9.59 Å². The summed E-state index contributed by atoms with van der Waals surface area (Å²) in [6, 6.07) is 7.91. The molecule has 0 saturated heterocycles. The summed E-state index contributed by atoms with van der Waals surface area (Å²) in [5.74, 6) is 0.599. The number of amides is 2. The third kappa shape index (κ3) is 5.58. The van der Waals surface area contributed by atoms with E-state index in [-0.39, 0.29) is 18.4 Å². The minimum atomic E-state index is -0.00770. The Morgan fingerprint density at radius 1 is 1.09 bits per heavy atom. The van der Waals surface area contributed by atoms with E-state index in [4.69, 9.17) is 0 Å². The van der Waals surface area contributed by atoms with E-state index in [0.717, 1.165) is 17.7 Å². The molecular formula is C18H27N3O2. The maximum absolute atomic E-state index is 12.1. The van der Waals surface area contributed by atoms with Crippen molar-refractivity contribution in [3.8, 4) is 0 Å². The lowest BCUT2D eigenvalue weighted by Gasteiger charge is -2.29. The highest BCUT2D eigenvalue weighted by Gasteiger charge is 2.22. The third-order valence-corrected chi connectivity index (χ3v) is 4.51. The second-order valence-corrected chi connectivity index (χ2v) is 6.34. The lowest BCUT2D eigenvalue weighted by Crippen LogP contribution is -2.43. The first-order chi connectivity index (χ1) is 11.1. The highest BCUT2D eigenvalue weighted by molar-refractivity contribution is 5.81. The Labute approximate surface area is 138 Å². The molecule has 0 bridgehead atoms. The Hall–Kier alpha value is -2.04. The van der Waals surface area contributed by atoms with Gasteiger partial charge in [-0.15, -0.1) is 0 Å². The number of anilines is 1. The minimum Gasteiger partial charge on any atom is -0.376 e. The highest BCUT2D eigenvalue weighted by Crippen LogP contribution is 2.23. The van der Waals surface area contributed by atoms with E-state index in [9.17, 15) is 9.59 Å². The molecule has 1 aromatic carbocycles. The Balaban J connectivity index is 1.76. The van der Waals surface area contributed by atoms with E-state index in [1.807, 2.05) is 24.3 Å². The molecule has 126 valence electrons. The van der Waals surface area contributed by atoms with Crippen molar-refractivity contribution in [3.63, 3.8) is 0 Å². The van der Waals surface area contributed by atoms with Gasteiger partial charge in [-0.05, 0) is 36.5 Å². The number of likely N-dealkylation sites (N-methyl/N-ethyl adjacent to an activating group) is 1. The average Bonchev–Trinajstić information content (AvgIpc) is 2.56. The molecule has 0 spiro atoms. The van der Waals surface area contributed by atoms with Crippen LogP contribution in [0.5, 0.6) is 0 Å². The smallest absolute Gasteiger partial charge is 0.239 e. The largest absolute Gasteiger partial charge is 0.376 e. The zero-order valence-corrected chi connectivity index (χ0v) is 14.0. The lowest BCUT2D eigenvalue weighted by atomic mass is 9.86. The van der Waals surface area contributed by atoms with Crippen LogP contribution in [0, 0.1) is 5.92 Å². The second-order valence-electron chi connectivity index (χ2n) is 6.34. The van der Waals surface area contributed by atoms with Crippen LogP contribution in [0.2, 0.25) is 0 Å². The van der Waals surface area contributed by atoms with Crippen LogP contribution in [0.15, 0.2) is 24.3 Å². The molecule has 0 aliphatic heterocycles. The molecule has 23 heavy (non-hydrogen) atoms. The van der Waals surface area contributed by atoms with Gasteiger partial charge < -0.3 is 16.0 Å². The van der Waals surface area contributed by atoms with Gasteiger partial charge in [-0.25, -0.2) is 0 Å². The van der Waals surface area contributed by atoms with Gasteiger partial charge in [0.15, 0.2) is 0 Å². The monoisotopic (exact) mass is 317 g/mol. The van der Waals surface area contributed by atoms with E-state index in [1.165, 1.54) is 19.3 Å². The van der Waals surface area contributed by atoms with Crippen LogP contribution in [0.3, 0.4) is 0 Å². The number of nitrogens with one attached hydrogen (secondary N) is 3. The van der Waals surface area contributed by atoms with Gasteiger partial charge in [0.2, 0.25) is 11.8 Å². The topological polar surface area (TPSA) is 70.2 Å². The molecule has 2 atom stereocenters. The molecule has 1 aliphatic carbocycles. The zero-order valence-electron chi connectivity index (χ0n) is 14.0. The fourth-order valence-electron chi connectivity index (χ4n) is 2.99. The van der Waals surface area contributed by atoms with Crippen molar-refractivity contribution >= 4 is 17.5 Å². The molecule has 3 N–H and O–H groups in total. The molecule has 1 aromatic rings. The summed E-state index contributed by atoms with van der Waals surface area (Å²) in [4.78, 5) is 23.4. The van der Waals surface area contributed by atoms with Crippen LogP contribution in [0.1, 0.15) is 38.2 Å². The van der Waals surface area contributed by atoms with Crippen molar-refractivity contribution in [1.82, 2.24) is 10.6 Å². The van der Waals surface area contributed by atoms with Crippen LogP contribution >= 0.6 is 0 Å². The van der Waals surface area contributed by atoms with E-state index < -0.39 is 0 Å². The predicted molar refractivity (Wildman–Crippen MR) is 92.3 cm³/mol. The molecule has 5 heteroatoms. The quantitative estimate of drug-likeness (QED) is 0.752. The number of benzene rings is 1. The fourth-order valence-corrected chi connectivity index (χ4v) is 2.99. The Kier molecular flexibility index (Phi) is 6.44. The summed E-state index contributed by atoms with van der Waals surface area (Å²) >= 11 is 0. The lowest BCUT2D eigenvalue weighted by molar-refractivity contribution is -0.121. The standard InChI is InChI=1S/C18H27N3O2/c1-13-5-3-4-6-16(13)21-18(23)12-20-15-9-7-14(8-10-15)11-17(22)19-2/h7-10,13,16,20H,3-6,11-12H2,1-2H3,(H,19,22)(H,21,23)/t13-,16+/m0/s1. The number of carbonyl (C=O) groups excluding carboxylic acids is 2. The van der Waals surface area contributed by atoms with Gasteiger partial charge in [0.05, 0.1) is 13.0 Å². The summed E-state index contributed by atoms with van der Waals surface area (Å²) in [5, 5.41) is 8.86. The van der Waals surface area contributed by atoms with Gasteiger partial charge in [0, 0.05) is 18.8 Å². The van der Waals surface area contributed by atoms with E-state index in [1.54, 1.807) is 7.05 Å². The van der Waals surface area contributed by atoms with Crippen LogP contribution in [-0.4, -0.2) is 31.4 Å². The molecule has 5 nitrogen and oxygen atoms in total. The molecule has 0 radical (unpaired) electrons. The van der Waals surface area contributed by atoms with Gasteiger partial charge in [0.1, 0.15) is 0 Å². The van der Waals surface area contributed by atoms with Gasteiger partial charge in [-0.1, -0.05) is 31.9 Å². The first kappa shape index (κ1) is 17.3. The average molecular weight is 317 g/mol. The van der Waals surface area contributed by atoms with Crippen molar-refractivity contribution in [1.29, 1.82) is 0 Å². The Morgan fingerprint density at radius 2 is 1.78 bits per heavy atom. The first-order valence-electron chi connectivity index (χ1n) is 8.41. The summed E-state index contributed by atoms with van der Waals surface area (Å²) in [6.07, 6.45) is 5.13. The normalized spacial score (nSPS) is 20.6. The van der Waals surface area contributed by atoms with Crippen molar-refractivity contribution in [2.45, 2.75) is 45.1 Å². The summed E-state index contributed by atoms with van der Waals surface area (Å²) in [6.45, 7) is 2.49. The maximum Gasteiger partial charge on any atom is 0.239 e. The van der Waals surface area contributed by atoms with Crippen LogP contribution in [0.4, 0.5) is 5.69 Å². The zero-order chi connectivity index (χ0) is 16.7. The number of hydrogen-bond donors (Lipinski definition) is 3. The van der Waals surface area contributed by atoms with Gasteiger partial charge >= 0.3 is 0 Å². The molecule has 2 amide bonds. The van der Waals surface area contributed by atoms with E-state index in [0.29, 0.717) is 18.4 Å². The Morgan fingerprint density at radius 3 is 2.43 bits per heavy atom. The second kappa shape index (κ2) is 8.56.